The smallest absolute Gasteiger partial charge is 0.876 e. The van der Waals surface area contributed by atoms with Crippen molar-refractivity contribution in [2.24, 2.45) is 15.8 Å². The van der Waals surface area contributed by atoms with Gasteiger partial charge < -0.3 is 40.8 Å². The molecular formula is C34H32FeN4O10-. The number of hydrogen-bond donors (Lipinski definition) is 4. The number of nitrogens with zero attached hydrogens (tertiary/aromatic N) is 4. The van der Waals surface area contributed by atoms with Crippen molar-refractivity contribution in [3.63, 3.8) is 0 Å². The SMILES string of the molecule is Cc1c2[n-]c(c1CCC(=O)O)/C=c1\[n-]/c(c(C)c1CCC(=O)O)=C\C1=C([O-])[C@](C)(CC(=O)O)C(=CC3=N/C(=C\2)[C@@](C)(CC(=O)O)C3=O)[N-]1.[Fe+3]. The van der Waals surface area contributed by atoms with Gasteiger partial charge in [0.25, 0.3) is 0 Å². The van der Waals surface area contributed by atoms with E-state index in [0.29, 0.717) is 39.0 Å². The monoisotopic (exact) mass is 712 g/mol. The molecule has 0 unspecified atom stereocenters. The summed E-state index contributed by atoms with van der Waals surface area (Å²) in [6.07, 6.45) is 4.04. The summed E-state index contributed by atoms with van der Waals surface area (Å²) in [6.45, 7) is 6.22. The summed E-state index contributed by atoms with van der Waals surface area (Å²) in [4.78, 5) is 74.8. The molecule has 14 nitrogen and oxygen atoms in total. The molecule has 8 bridgehead atoms. The number of aliphatic carboxylic acids is 4. The number of aromatic nitrogens is 2. The van der Waals surface area contributed by atoms with E-state index in [1.807, 2.05) is 0 Å². The Kier molecular flexibility index (Phi) is 10.0. The Bertz CT molecular complexity index is 2060. The zero-order chi connectivity index (χ0) is 35.3. The van der Waals surface area contributed by atoms with Gasteiger partial charge in [-0.25, -0.2) is 4.99 Å². The van der Waals surface area contributed by atoms with Crippen molar-refractivity contribution in [1.82, 2.24) is 9.97 Å². The number of allylic oxidation sites excluding steroid dienone is 3. The van der Waals surface area contributed by atoms with Crippen LogP contribution in [0.4, 0.5) is 0 Å². The molecule has 2 aromatic rings. The molecule has 5 rings (SSSR count). The van der Waals surface area contributed by atoms with Crippen LogP contribution in [0.2, 0.25) is 0 Å². The van der Waals surface area contributed by atoms with Gasteiger partial charge in [0.2, 0.25) is 0 Å². The van der Waals surface area contributed by atoms with Gasteiger partial charge in [-0.15, -0.1) is 39.2 Å². The van der Waals surface area contributed by atoms with Crippen molar-refractivity contribution >= 4 is 53.6 Å². The summed E-state index contributed by atoms with van der Waals surface area (Å²) in [5.74, 6) is -5.99. The van der Waals surface area contributed by atoms with Crippen LogP contribution in [-0.4, -0.2) is 55.8 Å². The predicted octanol–water partition coefficient (Wildman–Crippen LogP) is 1.04. The van der Waals surface area contributed by atoms with Crippen LogP contribution in [0.15, 0.2) is 33.9 Å². The van der Waals surface area contributed by atoms with Crippen LogP contribution in [0.25, 0.3) is 23.5 Å². The van der Waals surface area contributed by atoms with E-state index in [0.717, 1.165) is 0 Å². The maximum Gasteiger partial charge on any atom is 3.00 e. The average molecular weight is 712 g/mol. The second-order valence-electron chi connectivity index (χ2n) is 12.6. The Labute approximate surface area is 290 Å². The Balaban J connectivity index is 0.00000541. The summed E-state index contributed by atoms with van der Waals surface area (Å²) in [5.41, 5.74) is -0.857. The van der Waals surface area contributed by atoms with Gasteiger partial charge in [-0.2, -0.15) is 0 Å². The van der Waals surface area contributed by atoms with Gasteiger partial charge in [0.05, 0.1) is 24.0 Å². The third-order valence-corrected chi connectivity index (χ3v) is 9.14. The van der Waals surface area contributed by atoms with E-state index in [2.05, 4.69) is 10.3 Å². The zero-order valence-electron chi connectivity index (χ0n) is 26.9. The fourth-order valence-electron chi connectivity index (χ4n) is 6.32. The molecule has 0 saturated heterocycles. The first-order valence-corrected chi connectivity index (χ1v) is 15.0. The molecule has 3 aliphatic rings. The van der Waals surface area contributed by atoms with Crippen LogP contribution in [0.1, 0.15) is 73.2 Å². The second kappa shape index (κ2) is 13.4. The van der Waals surface area contributed by atoms with Crippen molar-refractivity contribution in [2.75, 3.05) is 0 Å². The van der Waals surface area contributed by atoms with Crippen LogP contribution in [0.3, 0.4) is 0 Å². The van der Waals surface area contributed by atoms with Gasteiger partial charge in [-0.1, -0.05) is 53.5 Å². The van der Waals surface area contributed by atoms with Crippen molar-refractivity contribution in [1.29, 1.82) is 0 Å². The number of carbonyl (C=O) groups excluding carboxylic acids is 1. The fraction of sp³-hybridized carbons (Fsp3) is 0.353. The van der Waals surface area contributed by atoms with E-state index in [4.69, 9.17) is 9.97 Å². The van der Waals surface area contributed by atoms with Gasteiger partial charge in [0, 0.05) is 12.8 Å². The maximum atomic E-state index is 13.9. The molecule has 1 radical (unpaired) electrons. The number of hydrogen-bond acceptors (Lipinski definition) is 7. The molecule has 0 aliphatic carbocycles. The summed E-state index contributed by atoms with van der Waals surface area (Å²) in [6, 6.07) is 0. The summed E-state index contributed by atoms with van der Waals surface area (Å²) >= 11 is 0. The quantitative estimate of drug-likeness (QED) is 0.253. The summed E-state index contributed by atoms with van der Waals surface area (Å²) in [5, 5.41) is 57.3. The fourth-order valence-corrected chi connectivity index (χ4v) is 6.32. The Morgan fingerprint density at radius 3 is 1.94 bits per heavy atom. The molecule has 2 atom stereocenters. The Morgan fingerprint density at radius 2 is 1.35 bits per heavy atom. The van der Waals surface area contributed by atoms with Crippen molar-refractivity contribution in [2.45, 2.75) is 66.2 Å². The zero-order valence-corrected chi connectivity index (χ0v) is 28.0. The van der Waals surface area contributed by atoms with Crippen LogP contribution in [0.5, 0.6) is 0 Å². The number of fused-ring (bicyclic) bond motifs is 7. The van der Waals surface area contributed by atoms with Crippen molar-refractivity contribution < 1.29 is 66.6 Å². The molecule has 2 aromatic heterocycles. The van der Waals surface area contributed by atoms with E-state index < -0.39 is 59.1 Å². The van der Waals surface area contributed by atoms with Crippen molar-refractivity contribution in [3.05, 3.63) is 78.6 Å². The van der Waals surface area contributed by atoms with Gasteiger partial charge in [-0.3, -0.25) is 24.0 Å². The molecule has 0 fully saturated rings. The number of Topliss-reactive ketones (excluding diaryl/α,β-unsaturated/α-hetero) is 1. The van der Waals surface area contributed by atoms with Gasteiger partial charge in [0.15, 0.2) is 5.78 Å². The van der Waals surface area contributed by atoms with Crippen LogP contribution >= 0.6 is 0 Å². The van der Waals surface area contributed by atoms with E-state index in [9.17, 15) is 49.5 Å². The molecule has 257 valence electrons. The maximum absolute atomic E-state index is 13.9. The number of ketones is 1. The number of carbonyl (C=O) groups is 5. The third-order valence-electron chi connectivity index (χ3n) is 9.14. The molecular weight excluding hydrogens is 680 g/mol. The molecule has 0 aromatic carbocycles. The van der Waals surface area contributed by atoms with Crippen LogP contribution < -0.4 is 25.8 Å². The standard InChI is InChI=1S/C34H36N4O10.Fe/c1-15-17(5-7-27(39)40)21-10-22-18(6-8-28(41)42)16(2)20(36-22)11-25-33(3,13-29(43)44)32(48)24(38-25)12-26-34(4,14-30(45)46)31(47)23(37-26)9-19(15)35-21;/h9-12H,5-8,13-14H2,1-4H3,(H8,35,36,37,38,39,40,41,42,43,44,45,46,47,48);/q;+3/p-4/t33-,34-;/m1./s1. The van der Waals surface area contributed by atoms with Crippen LogP contribution in [-0.2, 0) is 53.9 Å². The van der Waals surface area contributed by atoms with Gasteiger partial charge >= 0.3 is 40.9 Å². The van der Waals surface area contributed by atoms with E-state index >= 15 is 0 Å². The first-order valence-electron chi connectivity index (χ1n) is 15.0. The second-order valence-corrected chi connectivity index (χ2v) is 12.6. The minimum absolute atomic E-state index is 0. The Hall–Kier alpha value is -5.14. The molecule has 0 amide bonds. The van der Waals surface area contributed by atoms with Gasteiger partial charge in [-0.05, 0) is 39.0 Å². The van der Waals surface area contributed by atoms with E-state index in [1.54, 1.807) is 19.9 Å². The van der Waals surface area contributed by atoms with E-state index in [1.165, 1.54) is 32.1 Å². The molecule has 0 saturated carbocycles. The summed E-state index contributed by atoms with van der Waals surface area (Å²) < 4.78 is 0. The Morgan fingerprint density at radius 1 is 0.755 bits per heavy atom. The predicted molar refractivity (Wildman–Crippen MR) is 168 cm³/mol. The molecule has 5 heterocycles. The normalized spacial score (nSPS) is 23.5. The third kappa shape index (κ3) is 6.76. The number of aliphatic imine (C=N–C) groups is 1. The van der Waals surface area contributed by atoms with Crippen LogP contribution in [0, 0.1) is 24.7 Å². The largest absolute Gasteiger partial charge is 3.00 e. The van der Waals surface area contributed by atoms with E-state index in [-0.39, 0.29) is 70.9 Å². The molecule has 49 heavy (non-hydrogen) atoms. The minimum Gasteiger partial charge on any atom is -0.876 e. The summed E-state index contributed by atoms with van der Waals surface area (Å²) in [7, 11) is 0. The average Bonchev–Trinajstić information content (AvgIpc) is 3.58. The number of rotatable bonds is 10. The number of carboxylic acids is 4. The van der Waals surface area contributed by atoms with Gasteiger partial charge in [0.1, 0.15) is 5.71 Å². The van der Waals surface area contributed by atoms with Crippen molar-refractivity contribution in [3.8, 4) is 0 Å². The number of carboxylic acid groups (broad SMARTS) is 4. The topological polar surface area (TPSA) is 244 Å². The molecule has 4 N–H and O–H groups in total. The minimum atomic E-state index is -1.71. The first-order chi connectivity index (χ1) is 22.4. The molecule has 15 heteroatoms. The first kappa shape index (κ1) is 36.7. The molecule has 3 aliphatic heterocycles. The molecule has 0 spiro atoms.